The number of rotatable bonds is 4. The van der Waals surface area contributed by atoms with Gasteiger partial charge in [0.2, 0.25) is 5.91 Å². The van der Waals surface area contributed by atoms with E-state index in [9.17, 15) is 9.59 Å². The van der Waals surface area contributed by atoms with Crippen molar-refractivity contribution in [3.8, 4) is 0 Å². The van der Waals surface area contributed by atoms with Gasteiger partial charge in [-0.3, -0.25) is 4.79 Å². The standard InChI is InChI=1S/C12H14N4O2S2/c1-6(14-11(13)18)10(17)15-7-3-4-8-9(5-7)20-12(16-8)19-2/h3-6H,1-2H3,(H,15,17)(H3,13,14,18)/t6-/m1/s1. The number of nitrogens with two attached hydrogens (primary N) is 1. The smallest absolute Gasteiger partial charge is 0.312 e. The number of benzene rings is 1. The van der Waals surface area contributed by atoms with Crippen molar-refractivity contribution in [1.82, 2.24) is 10.3 Å². The van der Waals surface area contributed by atoms with Crippen LogP contribution in [0.5, 0.6) is 0 Å². The van der Waals surface area contributed by atoms with Gasteiger partial charge in [0.25, 0.3) is 0 Å². The quantitative estimate of drug-likeness (QED) is 0.753. The third-order valence-corrected chi connectivity index (χ3v) is 4.57. The zero-order chi connectivity index (χ0) is 14.7. The lowest BCUT2D eigenvalue weighted by molar-refractivity contribution is -0.117. The molecule has 3 amide bonds. The van der Waals surface area contributed by atoms with Crippen LogP contribution in [0, 0.1) is 0 Å². The third kappa shape index (κ3) is 3.40. The van der Waals surface area contributed by atoms with Crippen LogP contribution in [-0.2, 0) is 4.79 Å². The van der Waals surface area contributed by atoms with Crippen LogP contribution in [0.3, 0.4) is 0 Å². The van der Waals surface area contributed by atoms with Crippen molar-refractivity contribution in [3.63, 3.8) is 0 Å². The van der Waals surface area contributed by atoms with E-state index in [2.05, 4.69) is 15.6 Å². The number of nitrogens with zero attached hydrogens (tertiary/aromatic N) is 1. The summed E-state index contributed by atoms with van der Waals surface area (Å²) in [5.41, 5.74) is 6.55. The van der Waals surface area contributed by atoms with E-state index in [1.54, 1.807) is 36.1 Å². The minimum atomic E-state index is -0.727. The van der Waals surface area contributed by atoms with Gasteiger partial charge in [-0.15, -0.1) is 11.3 Å². The molecule has 1 atom stereocenters. The largest absolute Gasteiger partial charge is 0.352 e. The molecule has 0 unspecified atom stereocenters. The second-order valence-corrected chi connectivity index (χ2v) is 6.17. The molecule has 0 aliphatic rings. The van der Waals surface area contributed by atoms with Crippen molar-refractivity contribution in [2.45, 2.75) is 17.3 Å². The molecule has 0 spiro atoms. The molecular weight excluding hydrogens is 296 g/mol. The van der Waals surface area contributed by atoms with Crippen LogP contribution in [-0.4, -0.2) is 29.2 Å². The lowest BCUT2D eigenvalue weighted by Crippen LogP contribution is -2.44. The summed E-state index contributed by atoms with van der Waals surface area (Å²) < 4.78 is 1.98. The maximum Gasteiger partial charge on any atom is 0.312 e. The summed E-state index contributed by atoms with van der Waals surface area (Å²) in [4.78, 5) is 27.0. The number of fused-ring (bicyclic) bond motifs is 1. The van der Waals surface area contributed by atoms with E-state index in [-0.39, 0.29) is 5.91 Å². The van der Waals surface area contributed by atoms with Gasteiger partial charge in [-0.2, -0.15) is 0 Å². The molecule has 2 rings (SSSR count). The van der Waals surface area contributed by atoms with Crippen LogP contribution in [0.4, 0.5) is 10.5 Å². The van der Waals surface area contributed by atoms with Gasteiger partial charge in [0.15, 0.2) is 4.34 Å². The van der Waals surface area contributed by atoms with Crippen molar-refractivity contribution in [2.24, 2.45) is 5.73 Å². The highest BCUT2D eigenvalue weighted by molar-refractivity contribution is 8.00. The lowest BCUT2D eigenvalue weighted by Gasteiger charge is -2.12. The number of amides is 3. The molecule has 0 fully saturated rings. The molecule has 106 valence electrons. The zero-order valence-corrected chi connectivity index (χ0v) is 12.6. The van der Waals surface area contributed by atoms with Crippen molar-refractivity contribution in [3.05, 3.63) is 18.2 Å². The second kappa shape index (κ2) is 6.10. The van der Waals surface area contributed by atoms with Crippen LogP contribution < -0.4 is 16.4 Å². The first-order chi connectivity index (χ1) is 9.49. The predicted molar refractivity (Wildman–Crippen MR) is 82.2 cm³/mol. The normalized spacial score (nSPS) is 12.1. The summed E-state index contributed by atoms with van der Waals surface area (Å²) in [5, 5.41) is 5.06. The van der Waals surface area contributed by atoms with Gasteiger partial charge in [-0.05, 0) is 31.4 Å². The number of primary amides is 1. The van der Waals surface area contributed by atoms with E-state index in [1.807, 2.05) is 18.4 Å². The summed E-state index contributed by atoms with van der Waals surface area (Å²) in [6, 6.07) is 4.08. The SMILES string of the molecule is CSc1nc2ccc(NC(=O)[C@@H](C)NC(N)=O)cc2s1. The Morgan fingerprint density at radius 1 is 1.45 bits per heavy atom. The molecule has 2 aromatic rings. The highest BCUT2D eigenvalue weighted by atomic mass is 32.2. The highest BCUT2D eigenvalue weighted by Gasteiger charge is 2.14. The van der Waals surface area contributed by atoms with Crippen molar-refractivity contribution in [1.29, 1.82) is 0 Å². The van der Waals surface area contributed by atoms with E-state index in [0.717, 1.165) is 14.6 Å². The first-order valence-corrected chi connectivity index (χ1v) is 7.85. The van der Waals surface area contributed by atoms with Crippen LogP contribution in [0.25, 0.3) is 10.2 Å². The van der Waals surface area contributed by atoms with Gasteiger partial charge in [-0.1, -0.05) is 11.8 Å². The van der Waals surface area contributed by atoms with Gasteiger partial charge in [0.1, 0.15) is 6.04 Å². The molecule has 0 aliphatic heterocycles. The lowest BCUT2D eigenvalue weighted by atomic mass is 10.2. The summed E-state index contributed by atoms with van der Waals surface area (Å²) in [6.07, 6.45) is 1.97. The Kier molecular flexibility index (Phi) is 4.46. The first-order valence-electron chi connectivity index (χ1n) is 5.81. The Hall–Kier alpha value is -1.80. The van der Waals surface area contributed by atoms with Gasteiger partial charge in [0, 0.05) is 5.69 Å². The Bertz CT molecular complexity index is 656. The monoisotopic (exact) mass is 310 g/mol. The molecule has 6 nitrogen and oxygen atoms in total. The van der Waals surface area contributed by atoms with Crippen molar-refractivity contribution >= 4 is 50.9 Å². The number of nitrogens with one attached hydrogen (secondary N) is 2. The third-order valence-electron chi connectivity index (χ3n) is 2.56. The molecule has 0 bridgehead atoms. The second-order valence-electron chi connectivity index (χ2n) is 4.09. The maximum absolute atomic E-state index is 11.8. The first kappa shape index (κ1) is 14.6. The van der Waals surface area contributed by atoms with Crippen LogP contribution >= 0.6 is 23.1 Å². The zero-order valence-electron chi connectivity index (χ0n) is 11.0. The summed E-state index contributed by atoms with van der Waals surface area (Å²) >= 11 is 3.15. The predicted octanol–water partition coefficient (Wildman–Crippen LogP) is 2.01. The fraction of sp³-hybridized carbons (Fsp3) is 0.250. The van der Waals surface area contributed by atoms with E-state index < -0.39 is 12.1 Å². The van der Waals surface area contributed by atoms with Crippen LogP contribution in [0.2, 0.25) is 0 Å². The molecule has 1 aromatic heterocycles. The average molecular weight is 310 g/mol. The van der Waals surface area contributed by atoms with Crippen LogP contribution in [0.1, 0.15) is 6.92 Å². The Labute approximate surface area is 124 Å². The molecule has 8 heteroatoms. The number of aromatic nitrogens is 1. The average Bonchev–Trinajstić information content (AvgIpc) is 2.80. The van der Waals surface area contributed by atoms with E-state index >= 15 is 0 Å². The van der Waals surface area contributed by atoms with Gasteiger partial charge in [0.05, 0.1) is 10.2 Å². The molecule has 4 N–H and O–H groups in total. The number of thiazole rings is 1. The van der Waals surface area contributed by atoms with Crippen LogP contribution in [0.15, 0.2) is 22.5 Å². The number of hydrogen-bond acceptors (Lipinski definition) is 5. The molecular formula is C12H14N4O2S2. The molecule has 1 heterocycles. The molecule has 0 radical (unpaired) electrons. The Morgan fingerprint density at radius 3 is 2.85 bits per heavy atom. The highest BCUT2D eigenvalue weighted by Crippen LogP contribution is 2.29. The van der Waals surface area contributed by atoms with E-state index in [1.165, 1.54) is 0 Å². The maximum atomic E-state index is 11.8. The number of hydrogen-bond donors (Lipinski definition) is 3. The molecule has 0 saturated carbocycles. The fourth-order valence-electron chi connectivity index (χ4n) is 1.60. The van der Waals surface area contributed by atoms with Crippen molar-refractivity contribution < 1.29 is 9.59 Å². The van der Waals surface area contributed by atoms with E-state index in [4.69, 9.17) is 5.73 Å². The van der Waals surface area contributed by atoms with E-state index in [0.29, 0.717) is 5.69 Å². The number of anilines is 1. The molecule has 1 aromatic carbocycles. The number of carbonyl (C=O) groups excluding carboxylic acids is 2. The molecule has 0 saturated heterocycles. The number of thioether (sulfide) groups is 1. The molecule has 0 aliphatic carbocycles. The minimum Gasteiger partial charge on any atom is -0.352 e. The van der Waals surface area contributed by atoms with Gasteiger partial charge < -0.3 is 16.4 Å². The van der Waals surface area contributed by atoms with Gasteiger partial charge >= 0.3 is 6.03 Å². The summed E-state index contributed by atoms with van der Waals surface area (Å²) in [6.45, 7) is 1.57. The minimum absolute atomic E-state index is 0.322. The molecule has 20 heavy (non-hydrogen) atoms. The summed E-state index contributed by atoms with van der Waals surface area (Å²) in [7, 11) is 0. The topological polar surface area (TPSA) is 97.1 Å². The van der Waals surface area contributed by atoms with Gasteiger partial charge in [-0.25, -0.2) is 9.78 Å². The van der Waals surface area contributed by atoms with Crippen molar-refractivity contribution in [2.75, 3.05) is 11.6 Å². The Balaban J connectivity index is 2.13. The number of carbonyl (C=O) groups is 2. The fourth-order valence-corrected chi connectivity index (χ4v) is 3.13. The summed E-state index contributed by atoms with van der Waals surface area (Å²) in [5.74, 6) is -0.322. The number of urea groups is 1. The Morgan fingerprint density at radius 2 is 2.20 bits per heavy atom.